The topological polar surface area (TPSA) is 50.7 Å². The summed E-state index contributed by atoms with van der Waals surface area (Å²) in [5, 5.41) is 12.9. The van der Waals surface area contributed by atoms with E-state index >= 15 is 0 Å². The van der Waals surface area contributed by atoms with Gasteiger partial charge in [-0.05, 0) is 20.1 Å². The Kier molecular flexibility index (Phi) is 10.5. The van der Waals surface area contributed by atoms with E-state index in [1.165, 1.54) is 0 Å². The highest BCUT2D eigenvalue weighted by molar-refractivity contribution is 7.98. The van der Waals surface area contributed by atoms with Gasteiger partial charge in [-0.2, -0.15) is 11.8 Å². The highest BCUT2D eigenvalue weighted by atomic mass is 32.2. The Bertz CT molecular complexity index is 144. The van der Waals surface area contributed by atoms with Gasteiger partial charge < -0.3 is 19.9 Å². The molecule has 0 aliphatic rings. The van der Waals surface area contributed by atoms with E-state index in [-0.39, 0.29) is 6.10 Å². The van der Waals surface area contributed by atoms with Gasteiger partial charge in [0.15, 0.2) is 0 Å². The zero-order chi connectivity index (χ0) is 12.4. The van der Waals surface area contributed by atoms with Crippen molar-refractivity contribution in [3.63, 3.8) is 0 Å². The van der Waals surface area contributed by atoms with Gasteiger partial charge in [0.2, 0.25) is 0 Å². The van der Waals surface area contributed by atoms with Crippen LogP contribution in [0.4, 0.5) is 0 Å². The molecule has 2 N–H and O–H groups in total. The van der Waals surface area contributed by atoms with Crippen molar-refractivity contribution in [1.82, 2.24) is 5.32 Å². The monoisotopic (exact) mass is 251 g/mol. The van der Waals surface area contributed by atoms with Crippen molar-refractivity contribution < 1.29 is 14.6 Å². The molecule has 0 rings (SSSR count). The molecule has 3 atom stereocenters. The van der Waals surface area contributed by atoms with Crippen LogP contribution in [-0.4, -0.2) is 62.2 Å². The summed E-state index contributed by atoms with van der Waals surface area (Å²) in [6.45, 7) is 5.52. The Morgan fingerprint density at radius 3 is 2.56 bits per heavy atom. The summed E-state index contributed by atoms with van der Waals surface area (Å²) in [5.41, 5.74) is 0. The highest BCUT2D eigenvalue weighted by Gasteiger charge is 2.09. The summed E-state index contributed by atoms with van der Waals surface area (Å²) in [6.07, 6.45) is 1.65. The maximum Gasteiger partial charge on any atom is 0.0897 e. The first-order valence-electron chi connectivity index (χ1n) is 5.61. The van der Waals surface area contributed by atoms with E-state index in [2.05, 4.69) is 18.5 Å². The van der Waals surface area contributed by atoms with E-state index in [4.69, 9.17) is 9.47 Å². The minimum absolute atomic E-state index is 0.0308. The third kappa shape index (κ3) is 9.42. The fourth-order valence-electron chi connectivity index (χ4n) is 1.26. The summed E-state index contributed by atoms with van der Waals surface area (Å²) < 4.78 is 10.4. The molecule has 0 saturated carbocycles. The van der Waals surface area contributed by atoms with Crippen molar-refractivity contribution in [2.24, 2.45) is 0 Å². The van der Waals surface area contributed by atoms with Gasteiger partial charge in [-0.15, -0.1) is 0 Å². The standard InChI is InChI=1S/C11H25NO3S/c1-9(8-16-4)12-5-11(13)7-15-10(2)6-14-3/h9-13H,5-8H2,1-4H3. The number of aliphatic hydroxyl groups is 1. The second kappa shape index (κ2) is 10.4. The SMILES string of the molecule is COCC(C)OCC(O)CNC(C)CSC. The number of methoxy groups -OCH3 is 1. The molecule has 0 heterocycles. The quantitative estimate of drug-likeness (QED) is 0.600. The lowest BCUT2D eigenvalue weighted by Gasteiger charge is -2.18. The summed E-state index contributed by atoms with van der Waals surface area (Å²) >= 11 is 1.79. The smallest absolute Gasteiger partial charge is 0.0897 e. The third-order valence-corrected chi connectivity index (χ3v) is 2.93. The molecule has 0 radical (unpaired) electrons. The fraction of sp³-hybridized carbons (Fsp3) is 1.00. The Labute approximate surface area is 103 Å². The van der Waals surface area contributed by atoms with Crippen molar-refractivity contribution in [3.8, 4) is 0 Å². The summed E-state index contributed by atoms with van der Waals surface area (Å²) in [6, 6.07) is 0.418. The van der Waals surface area contributed by atoms with Gasteiger partial charge in [-0.25, -0.2) is 0 Å². The summed E-state index contributed by atoms with van der Waals surface area (Å²) in [4.78, 5) is 0. The van der Waals surface area contributed by atoms with Gasteiger partial charge >= 0.3 is 0 Å². The Hall–Kier alpha value is 0.190. The molecule has 0 aromatic heterocycles. The van der Waals surface area contributed by atoms with Crippen LogP contribution in [0.3, 0.4) is 0 Å². The minimum atomic E-state index is -0.455. The average molecular weight is 251 g/mol. The van der Waals surface area contributed by atoms with Crippen LogP contribution in [0, 0.1) is 0 Å². The highest BCUT2D eigenvalue weighted by Crippen LogP contribution is 1.97. The number of nitrogens with one attached hydrogen (secondary N) is 1. The van der Waals surface area contributed by atoms with Crippen LogP contribution < -0.4 is 5.32 Å². The molecule has 0 aliphatic carbocycles. The molecule has 0 spiro atoms. The number of hydrogen-bond acceptors (Lipinski definition) is 5. The van der Waals surface area contributed by atoms with Gasteiger partial charge in [-0.3, -0.25) is 0 Å². The second-order valence-corrected chi connectivity index (χ2v) is 4.93. The van der Waals surface area contributed by atoms with Crippen LogP contribution in [0.5, 0.6) is 0 Å². The maximum absolute atomic E-state index is 9.65. The largest absolute Gasteiger partial charge is 0.389 e. The molecule has 5 heteroatoms. The van der Waals surface area contributed by atoms with Crippen LogP contribution in [0.1, 0.15) is 13.8 Å². The zero-order valence-electron chi connectivity index (χ0n) is 10.7. The number of aliphatic hydroxyl groups excluding tert-OH is 1. The van der Waals surface area contributed by atoms with Gasteiger partial charge in [0.1, 0.15) is 0 Å². The number of ether oxygens (including phenoxy) is 2. The molecule has 98 valence electrons. The maximum atomic E-state index is 9.65. The van der Waals surface area contributed by atoms with E-state index in [1.54, 1.807) is 18.9 Å². The minimum Gasteiger partial charge on any atom is -0.389 e. The fourth-order valence-corrected chi connectivity index (χ4v) is 1.88. The Morgan fingerprint density at radius 2 is 2.00 bits per heavy atom. The van der Waals surface area contributed by atoms with Gasteiger partial charge in [0.25, 0.3) is 0 Å². The molecule has 0 saturated heterocycles. The molecular weight excluding hydrogens is 226 g/mol. The lowest BCUT2D eigenvalue weighted by molar-refractivity contribution is -0.0313. The van der Waals surface area contributed by atoms with E-state index < -0.39 is 6.10 Å². The van der Waals surface area contributed by atoms with Crippen LogP contribution >= 0.6 is 11.8 Å². The number of thioether (sulfide) groups is 1. The molecule has 0 aromatic rings. The second-order valence-electron chi connectivity index (χ2n) is 4.02. The normalized spacial score (nSPS) is 17.1. The molecular formula is C11H25NO3S. The Balaban J connectivity index is 3.46. The average Bonchev–Trinajstić information content (AvgIpc) is 2.24. The number of rotatable bonds is 10. The van der Waals surface area contributed by atoms with Crippen molar-refractivity contribution >= 4 is 11.8 Å². The molecule has 3 unspecified atom stereocenters. The van der Waals surface area contributed by atoms with E-state index in [0.29, 0.717) is 25.8 Å². The Morgan fingerprint density at radius 1 is 1.31 bits per heavy atom. The van der Waals surface area contributed by atoms with Crippen molar-refractivity contribution in [2.45, 2.75) is 32.1 Å². The summed E-state index contributed by atoms with van der Waals surface area (Å²) in [5.74, 6) is 1.05. The first-order chi connectivity index (χ1) is 7.60. The first kappa shape index (κ1) is 16.2. The molecule has 0 fully saturated rings. The van der Waals surface area contributed by atoms with Crippen molar-refractivity contribution in [2.75, 3.05) is 38.9 Å². The van der Waals surface area contributed by atoms with Crippen LogP contribution in [0.2, 0.25) is 0 Å². The molecule has 16 heavy (non-hydrogen) atoms. The lowest BCUT2D eigenvalue weighted by atomic mass is 10.3. The predicted molar refractivity (Wildman–Crippen MR) is 69.1 cm³/mol. The third-order valence-electron chi connectivity index (χ3n) is 2.09. The van der Waals surface area contributed by atoms with Crippen LogP contribution in [-0.2, 0) is 9.47 Å². The molecule has 0 aromatic carbocycles. The van der Waals surface area contributed by atoms with E-state index in [9.17, 15) is 5.11 Å². The predicted octanol–water partition coefficient (Wildman–Crippen LogP) is 0.740. The summed E-state index contributed by atoms with van der Waals surface area (Å²) in [7, 11) is 1.64. The molecule has 0 aliphatic heterocycles. The van der Waals surface area contributed by atoms with Crippen LogP contribution in [0.25, 0.3) is 0 Å². The van der Waals surface area contributed by atoms with Crippen LogP contribution in [0.15, 0.2) is 0 Å². The first-order valence-corrected chi connectivity index (χ1v) is 7.00. The van der Waals surface area contributed by atoms with Gasteiger partial charge in [0.05, 0.1) is 25.4 Å². The zero-order valence-corrected chi connectivity index (χ0v) is 11.5. The lowest BCUT2D eigenvalue weighted by Crippen LogP contribution is -2.37. The molecule has 4 nitrogen and oxygen atoms in total. The van der Waals surface area contributed by atoms with Crippen molar-refractivity contribution in [3.05, 3.63) is 0 Å². The van der Waals surface area contributed by atoms with E-state index in [0.717, 1.165) is 5.75 Å². The van der Waals surface area contributed by atoms with Crippen molar-refractivity contribution in [1.29, 1.82) is 0 Å². The van der Waals surface area contributed by atoms with E-state index in [1.807, 2.05) is 6.92 Å². The number of hydrogen-bond donors (Lipinski definition) is 2. The molecule has 0 amide bonds. The van der Waals surface area contributed by atoms with Gasteiger partial charge in [-0.1, -0.05) is 0 Å². The molecule has 0 bridgehead atoms. The van der Waals surface area contributed by atoms with Gasteiger partial charge in [0, 0.05) is 25.4 Å².